The van der Waals surface area contributed by atoms with E-state index in [9.17, 15) is 14.9 Å². The zero-order chi connectivity index (χ0) is 25.2. The summed E-state index contributed by atoms with van der Waals surface area (Å²) < 4.78 is 8.05. The predicted molar refractivity (Wildman–Crippen MR) is 141 cm³/mol. The monoisotopic (exact) mass is 543 g/mol. The molecule has 178 valence electrons. The lowest BCUT2D eigenvalue weighted by Crippen LogP contribution is -2.22. The highest BCUT2D eigenvalue weighted by Crippen LogP contribution is 2.30. The summed E-state index contributed by atoms with van der Waals surface area (Å²) in [4.78, 5) is 32.4. The summed E-state index contributed by atoms with van der Waals surface area (Å²) in [5, 5.41) is 17.7. The van der Waals surface area contributed by atoms with E-state index >= 15 is 0 Å². The van der Waals surface area contributed by atoms with E-state index in [1.54, 1.807) is 24.4 Å². The van der Waals surface area contributed by atoms with Gasteiger partial charge in [-0.15, -0.1) is 0 Å². The van der Waals surface area contributed by atoms with Gasteiger partial charge in [0.2, 0.25) is 5.88 Å². The Labute approximate surface area is 213 Å². The van der Waals surface area contributed by atoms with Gasteiger partial charge in [-0.3, -0.25) is 14.9 Å². The minimum atomic E-state index is -0.524. The third-order valence-electron chi connectivity index (χ3n) is 5.57. The van der Waals surface area contributed by atoms with E-state index in [0.29, 0.717) is 34.5 Å². The first-order valence-electron chi connectivity index (χ1n) is 11.0. The number of ether oxygens (including phenoxy) is 1. The number of nitro groups is 1. The lowest BCUT2D eigenvalue weighted by Gasteiger charge is -2.12. The Morgan fingerprint density at radius 3 is 2.69 bits per heavy atom. The van der Waals surface area contributed by atoms with Crippen LogP contribution in [0.4, 0.5) is 5.69 Å². The highest BCUT2D eigenvalue weighted by Gasteiger charge is 2.13. The Hall–Kier alpha value is -4.44. The molecule has 5 aromatic rings. The molecule has 9 nitrogen and oxygen atoms in total. The number of rotatable bonds is 6. The fourth-order valence-corrected chi connectivity index (χ4v) is 4.17. The number of hydrogen-bond acceptors (Lipinski definition) is 7. The average Bonchev–Trinajstić information content (AvgIpc) is 2.89. The number of pyridine rings is 1. The van der Waals surface area contributed by atoms with E-state index in [1.165, 1.54) is 16.8 Å². The molecule has 0 radical (unpaired) electrons. The van der Waals surface area contributed by atoms with Gasteiger partial charge in [0.1, 0.15) is 17.8 Å². The van der Waals surface area contributed by atoms with Gasteiger partial charge >= 0.3 is 0 Å². The molecule has 5 rings (SSSR count). The van der Waals surface area contributed by atoms with E-state index in [4.69, 9.17) is 4.74 Å². The van der Waals surface area contributed by atoms with E-state index in [1.807, 2.05) is 43.3 Å². The molecule has 3 aromatic carbocycles. The summed E-state index contributed by atoms with van der Waals surface area (Å²) in [6.07, 6.45) is 3.20. The third kappa shape index (κ3) is 4.46. The number of fused-ring (bicyclic) bond motifs is 2. The van der Waals surface area contributed by atoms with Crippen molar-refractivity contribution in [3.8, 4) is 11.6 Å². The van der Waals surface area contributed by atoms with Gasteiger partial charge in [0.05, 0.1) is 22.0 Å². The number of benzene rings is 3. The normalized spacial score (nSPS) is 11.4. The summed E-state index contributed by atoms with van der Waals surface area (Å²) in [5.74, 6) is 1.14. The lowest BCUT2D eigenvalue weighted by molar-refractivity contribution is -0.385. The maximum Gasteiger partial charge on any atom is 0.287 e. The molecular weight excluding hydrogens is 526 g/mol. The van der Waals surface area contributed by atoms with Crippen LogP contribution < -0.4 is 10.3 Å². The topological polar surface area (TPSA) is 113 Å². The molecule has 0 atom stereocenters. The molecule has 10 heteroatoms. The summed E-state index contributed by atoms with van der Waals surface area (Å²) in [6, 6.07) is 19.5. The number of aromatic nitrogens is 3. The van der Waals surface area contributed by atoms with E-state index in [-0.39, 0.29) is 17.1 Å². The van der Waals surface area contributed by atoms with Gasteiger partial charge in [-0.25, -0.2) is 9.97 Å². The maximum absolute atomic E-state index is 13.3. The van der Waals surface area contributed by atoms with Gasteiger partial charge in [-0.05, 0) is 35.0 Å². The number of halogens is 1. The molecule has 0 aliphatic heterocycles. The molecule has 0 N–H and O–H groups in total. The second kappa shape index (κ2) is 9.67. The summed E-state index contributed by atoms with van der Waals surface area (Å²) in [6.45, 7) is 1.91. The van der Waals surface area contributed by atoms with Crippen molar-refractivity contribution in [2.45, 2.75) is 13.3 Å². The highest BCUT2D eigenvalue weighted by molar-refractivity contribution is 9.10. The second-order valence-corrected chi connectivity index (χ2v) is 8.73. The van der Waals surface area contributed by atoms with Crippen molar-refractivity contribution in [3.63, 3.8) is 0 Å². The fourth-order valence-electron chi connectivity index (χ4n) is 3.81. The first kappa shape index (κ1) is 23.3. The first-order chi connectivity index (χ1) is 17.4. The molecule has 0 saturated heterocycles. The van der Waals surface area contributed by atoms with Crippen molar-refractivity contribution in [2.75, 3.05) is 0 Å². The van der Waals surface area contributed by atoms with E-state index in [0.717, 1.165) is 21.4 Å². The number of aryl methyl sites for hydroxylation is 1. The Morgan fingerprint density at radius 1 is 1.11 bits per heavy atom. The van der Waals surface area contributed by atoms with Gasteiger partial charge in [0.15, 0.2) is 0 Å². The van der Waals surface area contributed by atoms with Crippen LogP contribution in [0.3, 0.4) is 0 Å². The van der Waals surface area contributed by atoms with Crippen LogP contribution in [0, 0.1) is 10.1 Å². The Kier molecular flexibility index (Phi) is 6.26. The second-order valence-electron chi connectivity index (χ2n) is 7.82. The van der Waals surface area contributed by atoms with Crippen LogP contribution in [0.25, 0.3) is 21.7 Å². The van der Waals surface area contributed by atoms with E-state index in [2.05, 4.69) is 31.0 Å². The molecule has 0 fully saturated rings. The molecule has 0 aliphatic rings. The Morgan fingerprint density at radius 2 is 1.94 bits per heavy atom. The van der Waals surface area contributed by atoms with Crippen molar-refractivity contribution >= 4 is 49.5 Å². The molecule has 0 amide bonds. The van der Waals surface area contributed by atoms with Crippen molar-refractivity contribution in [3.05, 3.63) is 109 Å². The van der Waals surface area contributed by atoms with Crippen LogP contribution >= 0.6 is 15.9 Å². The lowest BCUT2D eigenvalue weighted by atomic mass is 10.0. The molecule has 2 aromatic heterocycles. The maximum atomic E-state index is 13.3. The van der Waals surface area contributed by atoms with E-state index < -0.39 is 4.92 Å². The summed E-state index contributed by atoms with van der Waals surface area (Å²) >= 11 is 3.41. The van der Waals surface area contributed by atoms with Gasteiger partial charge in [-0.1, -0.05) is 53.2 Å². The van der Waals surface area contributed by atoms with Crippen molar-refractivity contribution in [1.29, 1.82) is 0 Å². The van der Waals surface area contributed by atoms with Gasteiger partial charge in [-0.2, -0.15) is 9.78 Å². The largest absolute Gasteiger partial charge is 0.438 e. The van der Waals surface area contributed by atoms with Crippen LogP contribution in [0.15, 0.2) is 87.3 Å². The van der Waals surface area contributed by atoms with Crippen LogP contribution in [0.1, 0.15) is 18.3 Å². The summed E-state index contributed by atoms with van der Waals surface area (Å²) in [7, 11) is 0. The van der Waals surface area contributed by atoms with Gasteiger partial charge < -0.3 is 4.74 Å². The van der Waals surface area contributed by atoms with Crippen molar-refractivity contribution in [2.24, 2.45) is 5.10 Å². The van der Waals surface area contributed by atoms with Crippen molar-refractivity contribution in [1.82, 2.24) is 14.6 Å². The van der Waals surface area contributed by atoms with Gasteiger partial charge in [0.25, 0.3) is 11.2 Å². The minimum Gasteiger partial charge on any atom is -0.438 e. The van der Waals surface area contributed by atoms with Crippen LogP contribution in [0.5, 0.6) is 11.6 Å². The average molecular weight is 544 g/mol. The first-order valence-corrected chi connectivity index (χ1v) is 11.8. The molecule has 0 unspecified atom stereocenters. The molecular formula is C26H18BrN5O4. The SMILES string of the molecule is CCc1nc2ccc(Br)cc2c(=O)n1N=Cc1c(Oc2ccc([N+](=O)[O-])cn2)ccc2ccccc12. The van der Waals surface area contributed by atoms with Crippen molar-refractivity contribution < 1.29 is 9.66 Å². The molecule has 0 spiro atoms. The zero-order valence-corrected chi connectivity index (χ0v) is 20.5. The molecule has 36 heavy (non-hydrogen) atoms. The summed E-state index contributed by atoms with van der Waals surface area (Å²) in [5.41, 5.74) is 0.806. The smallest absolute Gasteiger partial charge is 0.287 e. The fraction of sp³-hybridized carbons (Fsp3) is 0.0769. The number of nitrogens with zero attached hydrogens (tertiary/aromatic N) is 5. The highest BCUT2D eigenvalue weighted by atomic mass is 79.9. The van der Waals surface area contributed by atoms with Crippen LogP contribution in [-0.2, 0) is 6.42 Å². The molecule has 2 heterocycles. The van der Waals surface area contributed by atoms with Crippen LogP contribution in [-0.4, -0.2) is 25.8 Å². The van der Waals surface area contributed by atoms with Crippen LogP contribution in [0.2, 0.25) is 0 Å². The minimum absolute atomic E-state index is 0.135. The standard InChI is InChI=1S/C26H18BrN5O4/c1-2-24-30-22-10-8-17(27)13-20(22)26(33)31(24)29-15-21-19-6-4-3-5-16(19)7-11-23(21)36-25-12-9-18(14-28-25)32(34)35/h3-15H,2H2,1H3. The Balaban J connectivity index is 1.63. The predicted octanol–water partition coefficient (Wildman–Crippen LogP) is 5.85. The molecule has 0 saturated carbocycles. The quantitative estimate of drug-likeness (QED) is 0.151. The number of hydrogen-bond donors (Lipinski definition) is 0. The Bertz CT molecular complexity index is 1710. The zero-order valence-electron chi connectivity index (χ0n) is 19.0. The molecule has 0 bridgehead atoms. The van der Waals surface area contributed by atoms with Gasteiger partial charge in [0, 0.05) is 28.6 Å². The third-order valence-corrected chi connectivity index (χ3v) is 6.06. The molecule has 0 aliphatic carbocycles.